The Balaban J connectivity index is 2.37. The van der Waals surface area contributed by atoms with Gasteiger partial charge in [0.15, 0.2) is 0 Å². The number of halogens is 1. The van der Waals surface area contributed by atoms with Gasteiger partial charge in [0, 0.05) is 12.5 Å². The lowest BCUT2D eigenvalue weighted by Gasteiger charge is -2.06. The number of carboxylic acid groups (broad SMARTS) is 1. The van der Waals surface area contributed by atoms with Crippen LogP contribution < -0.4 is 4.74 Å². The van der Waals surface area contributed by atoms with Crippen molar-refractivity contribution in [1.29, 1.82) is 0 Å². The molecule has 2 aromatic rings. The molecule has 0 amide bonds. The molecule has 0 bridgehead atoms. The second-order valence-electron chi connectivity index (χ2n) is 3.80. The van der Waals surface area contributed by atoms with Crippen molar-refractivity contribution in [3.8, 4) is 5.88 Å². The summed E-state index contributed by atoms with van der Waals surface area (Å²) in [6.45, 7) is 0. The van der Waals surface area contributed by atoms with Gasteiger partial charge in [-0.15, -0.1) is 0 Å². The fourth-order valence-electron chi connectivity index (χ4n) is 1.60. The van der Waals surface area contributed by atoms with Crippen LogP contribution in [0.25, 0.3) is 0 Å². The van der Waals surface area contributed by atoms with Gasteiger partial charge in [-0.05, 0) is 11.6 Å². The van der Waals surface area contributed by atoms with Gasteiger partial charge in [0.05, 0.1) is 12.8 Å². The first-order valence-corrected chi connectivity index (χ1v) is 5.49. The Hall–Kier alpha value is -2.50. The van der Waals surface area contributed by atoms with Gasteiger partial charge >= 0.3 is 5.97 Å². The summed E-state index contributed by atoms with van der Waals surface area (Å²) in [7, 11) is 1.38. The number of ether oxygens (including phenoxy) is 1. The summed E-state index contributed by atoms with van der Waals surface area (Å²) in [4.78, 5) is 18.4. The second-order valence-corrected chi connectivity index (χ2v) is 3.80. The monoisotopic (exact) mass is 262 g/mol. The SMILES string of the molecule is COc1cc(Cc2ccccc2F)nc(C(=O)O)n1. The summed E-state index contributed by atoms with van der Waals surface area (Å²) >= 11 is 0. The number of hydrogen-bond donors (Lipinski definition) is 1. The van der Waals surface area contributed by atoms with Crippen LogP contribution in [0.5, 0.6) is 5.88 Å². The molecule has 0 unspecified atom stereocenters. The summed E-state index contributed by atoms with van der Waals surface area (Å²) in [6.07, 6.45) is 0.172. The van der Waals surface area contributed by atoms with Crippen LogP contribution in [-0.2, 0) is 6.42 Å². The normalized spacial score (nSPS) is 10.2. The van der Waals surface area contributed by atoms with E-state index in [1.165, 1.54) is 19.2 Å². The highest BCUT2D eigenvalue weighted by atomic mass is 19.1. The third-order valence-electron chi connectivity index (χ3n) is 2.49. The number of carboxylic acids is 1. The van der Waals surface area contributed by atoms with Crippen LogP contribution in [0.3, 0.4) is 0 Å². The number of aromatic carboxylic acids is 1. The van der Waals surface area contributed by atoms with Crippen molar-refractivity contribution in [3.63, 3.8) is 0 Å². The zero-order chi connectivity index (χ0) is 13.8. The fraction of sp³-hybridized carbons (Fsp3) is 0.154. The molecule has 0 aliphatic rings. The molecule has 1 aromatic heterocycles. The van der Waals surface area contributed by atoms with Crippen LogP contribution >= 0.6 is 0 Å². The zero-order valence-electron chi connectivity index (χ0n) is 10.1. The van der Waals surface area contributed by atoms with Gasteiger partial charge in [-0.2, -0.15) is 4.98 Å². The van der Waals surface area contributed by atoms with Crippen molar-refractivity contribution in [2.45, 2.75) is 6.42 Å². The van der Waals surface area contributed by atoms with Crippen molar-refractivity contribution < 1.29 is 19.0 Å². The molecule has 0 atom stereocenters. The van der Waals surface area contributed by atoms with Crippen LogP contribution in [0.1, 0.15) is 21.9 Å². The maximum Gasteiger partial charge on any atom is 0.374 e. The maximum absolute atomic E-state index is 13.5. The van der Waals surface area contributed by atoms with Gasteiger partial charge in [-0.1, -0.05) is 18.2 Å². The van der Waals surface area contributed by atoms with Gasteiger partial charge in [0.1, 0.15) is 5.82 Å². The summed E-state index contributed by atoms with van der Waals surface area (Å²) < 4.78 is 18.4. The molecule has 2 rings (SSSR count). The predicted molar refractivity (Wildman–Crippen MR) is 64.7 cm³/mol. The molecule has 0 spiro atoms. The van der Waals surface area contributed by atoms with Crippen LogP contribution in [0.4, 0.5) is 4.39 Å². The lowest BCUT2D eigenvalue weighted by Crippen LogP contribution is -2.08. The minimum atomic E-state index is -1.26. The van der Waals surface area contributed by atoms with E-state index in [2.05, 4.69) is 9.97 Å². The van der Waals surface area contributed by atoms with E-state index < -0.39 is 5.97 Å². The fourth-order valence-corrected chi connectivity index (χ4v) is 1.60. The van der Waals surface area contributed by atoms with E-state index in [-0.39, 0.29) is 23.9 Å². The van der Waals surface area contributed by atoms with E-state index in [0.29, 0.717) is 11.3 Å². The molecule has 0 aliphatic carbocycles. The Bertz CT molecular complexity index is 617. The molecule has 0 radical (unpaired) electrons. The Kier molecular flexibility index (Phi) is 3.70. The number of benzene rings is 1. The lowest BCUT2D eigenvalue weighted by atomic mass is 10.1. The third-order valence-corrected chi connectivity index (χ3v) is 2.49. The van der Waals surface area contributed by atoms with Crippen molar-refractivity contribution in [2.75, 3.05) is 7.11 Å². The molecule has 19 heavy (non-hydrogen) atoms. The highest BCUT2D eigenvalue weighted by Gasteiger charge is 2.12. The van der Waals surface area contributed by atoms with E-state index in [0.717, 1.165) is 0 Å². The number of hydrogen-bond acceptors (Lipinski definition) is 4. The van der Waals surface area contributed by atoms with Crippen LogP contribution in [0, 0.1) is 5.82 Å². The molecule has 5 nitrogen and oxygen atoms in total. The first-order valence-electron chi connectivity index (χ1n) is 5.49. The van der Waals surface area contributed by atoms with Gasteiger partial charge < -0.3 is 9.84 Å². The Morgan fingerprint density at radius 2 is 2.11 bits per heavy atom. The molecule has 1 N–H and O–H groups in total. The van der Waals surface area contributed by atoms with Crippen LogP contribution in [-0.4, -0.2) is 28.2 Å². The largest absolute Gasteiger partial charge is 0.481 e. The van der Waals surface area contributed by atoms with E-state index in [9.17, 15) is 9.18 Å². The molecule has 98 valence electrons. The van der Waals surface area contributed by atoms with Crippen molar-refractivity contribution in [1.82, 2.24) is 9.97 Å². The first kappa shape index (κ1) is 12.9. The standard InChI is InChI=1S/C13H11FN2O3/c1-19-11-7-9(15-12(16-11)13(17)18)6-8-4-2-3-5-10(8)14/h2-5,7H,6H2,1H3,(H,17,18). The van der Waals surface area contributed by atoms with Crippen molar-refractivity contribution in [2.24, 2.45) is 0 Å². The Morgan fingerprint density at radius 1 is 1.37 bits per heavy atom. The van der Waals surface area contributed by atoms with E-state index in [1.807, 2.05) is 0 Å². The topological polar surface area (TPSA) is 72.3 Å². The summed E-state index contributed by atoms with van der Waals surface area (Å²) in [5, 5.41) is 8.90. The molecule has 6 heteroatoms. The quantitative estimate of drug-likeness (QED) is 0.911. The third kappa shape index (κ3) is 3.04. The minimum absolute atomic E-state index is 0.138. The lowest BCUT2D eigenvalue weighted by molar-refractivity contribution is 0.0682. The summed E-state index contributed by atoms with van der Waals surface area (Å²) in [5.74, 6) is -1.85. The van der Waals surface area contributed by atoms with Gasteiger partial charge in [0.25, 0.3) is 0 Å². The van der Waals surface area contributed by atoms with Crippen LogP contribution in [0.2, 0.25) is 0 Å². The highest BCUT2D eigenvalue weighted by molar-refractivity contribution is 5.83. The molecular weight excluding hydrogens is 251 g/mol. The predicted octanol–water partition coefficient (Wildman–Crippen LogP) is 1.91. The number of methoxy groups -OCH3 is 1. The smallest absolute Gasteiger partial charge is 0.374 e. The number of nitrogens with zero attached hydrogens (tertiary/aromatic N) is 2. The second kappa shape index (κ2) is 5.43. The van der Waals surface area contributed by atoms with E-state index >= 15 is 0 Å². The summed E-state index contributed by atoms with van der Waals surface area (Å²) in [5.41, 5.74) is 0.814. The number of rotatable bonds is 4. The Morgan fingerprint density at radius 3 is 2.74 bits per heavy atom. The molecule has 1 heterocycles. The van der Waals surface area contributed by atoms with Crippen LogP contribution in [0.15, 0.2) is 30.3 Å². The molecule has 1 aromatic carbocycles. The van der Waals surface area contributed by atoms with Gasteiger partial charge in [-0.25, -0.2) is 14.2 Å². The molecule has 0 fully saturated rings. The van der Waals surface area contributed by atoms with Crippen molar-refractivity contribution in [3.05, 3.63) is 53.2 Å². The highest BCUT2D eigenvalue weighted by Crippen LogP contribution is 2.15. The zero-order valence-corrected chi connectivity index (χ0v) is 10.1. The average Bonchev–Trinajstić information content (AvgIpc) is 2.41. The number of aromatic nitrogens is 2. The Labute approximate surface area is 108 Å². The summed E-state index contributed by atoms with van der Waals surface area (Å²) in [6, 6.07) is 7.73. The minimum Gasteiger partial charge on any atom is -0.481 e. The average molecular weight is 262 g/mol. The number of carbonyl (C=O) groups is 1. The molecule has 0 saturated carbocycles. The molecule has 0 saturated heterocycles. The first-order chi connectivity index (χ1) is 9.10. The molecule has 0 aliphatic heterocycles. The van der Waals surface area contributed by atoms with E-state index in [4.69, 9.17) is 9.84 Å². The maximum atomic E-state index is 13.5. The van der Waals surface area contributed by atoms with Gasteiger partial charge in [-0.3, -0.25) is 0 Å². The van der Waals surface area contributed by atoms with Gasteiger partial charge in [0.2, 0.25) is 11.7 Å². The molecular formula is C13H11FN2O3. The van der Waals surface area contributed by atoms with E-state index in [1.54, 1.807) is 18.2 Å². The van der Waals surface area contributed by atoms with Crippen molar-refractivity contribution >= 4 is 5.97 Å².